The van der Waals surface area contributed by atoms with Gasteiger partial charge < -0.3 is 19.5 Å². The molecule has 0 radical (unpaired) electrons. The number of carbonyl (C=O) groups excluding carboxylic acids is 2. The molecule has 0 aromatic carbocycles. The molecule has 0 bridgehead atoms. The van der Waals surface area contributed by atoms with Gasteiger partial charge in [-0.1, -0.05) is 5.16 Å². The van der Waals surface area contributed by atoms with Crippen molar-refractivity contribution >= 4 is 11.8 Å². The molecule has 2 aliphatic heterocycles. The van der Waals surface area contributed by atoms with Gasteiger partial charge in [0.1, 0.15) is 6.04 Å². The highest BCUT2D eigenvalue weighted by Gasteiger charge is 2.34. The molecule has 1 aromatic rings. The summed E-state index contributed by atoms with van der Waals surface area (Å²) in [4.78, 5) is 29.9. The predicted molar refractivity (Wildman–Crippen MR) is 79.0 cm³/mol. The topological polar surface area (TPSA) is 97.6 Å². The number of nitrogens with one attached hydrogen (secondary N) is 1. The third-order valence-corrected chi connectivity index (χ3v) is 4.45. The Bertz CT molecular complexity index is 568. The fourth-order valence-electron chi connectivity index (χ4n) is 3.13. The van der Waals surface area contributed by atoms with Crippen LogP contribution in [0.25, 0.3) is 0 Å². The smallest absolute Gasteiger partial charge is 0.249 e. The van der Waals surface area contributed by atoms with Crippen LogP contribution >= 0.6 is 0 Å². The van der Waals surface area contributed by atoms with Crippen LogP contribution in [0.4, 0.5) is 0 Å². The van der Waals surface area contributed by atoms with Gasteiger partial charge in [0.2, 0.25) is 17.7 Å². The van der Waals surface area contributed by atoms with Crippen molar-refractivity contribution in [1.29, 1.82) is 0 Å². The number of hydrogen-bond acceptors (Lipinski definition) is 6. The first-order valence-electron chi connectivity index (χ1n) is 8.16. The van der Waals surface area contributed by atoms with E-state index < -0.39 is 0 Å². The van der Waals surface area contributed by atoms with Gasteiger partial charge in [0.15, 0.2) is 5.82 Å². The summed E-state index contributed by atoms with van der Waals surface area (Å²) in [5.74, 6) is 1.01. The summed E-state index contributed by atoms with van der Waals surface area (Å²) >= 11 is 0. The quantitative estimate of drug-likeness (QED) is 0.861. The maximum absolute atomic E-state index is 12.1. The molecule has 0 aliphatic carbocycles. The zero-order valence-electron chi connectivity index (χ0n) is 13.3. The second-order valence-corrected chi connectivity index (χ2v) is 5.89. The highest BCUT2D eigenvalue weighted by atomic mass is 16.5. The second-order valence-electron chi connectivity index (χ2n) is 5.89. The van der Waals surface area contributed by atoms with Gasteiger partial charge in [0, 0.05) is 32.1 Å². The summed E-state index contributed by atoms with van der Waals surface area (Å²) in [5, 5.41) is 6.75. The zero-order valence-corrected chi connectivity index (χ0v) is 13.3. The highest BCUT2D eigenvalue weighted by molar-refractivity contribution is 5.79. The van der Waals surface area contributed by atoms with E-state index in [4.69, 9.17) is 9.26 Å². The molecule has 0 unspecified atom stereocenters. The minimum absolute atomic E-state index is 0.00171. The second kappa shape index (κ2) is 7.08. The Morgan fingerprint density at radius 2 is 2.13 bits per heavy atom. The predicted octanol–water partition coefficient (Wildman–Crippen LogP) is 0.796. The number of aromatic nitrogens is 2. The van der Waals surface area contributed by atoms with Crippen molar-refractivity contribution < 1.29 is 18.8 Å². The number of hydrogen-bond donors (Lipinski definition) is 1. The third kappa shape index (κ3) is 3.52. The number of amides is 2. The standard InChI is InChI=1S/C15H22N4O4/c1-2-19-11(3-4-13(19)20)15-17-12(18-23-15)9-16-14(21)10-5-7-22-8-6-10/h10-11H,2-9H2,1H3,(H,16,21)/t11-/m0/s1. The molecule has 2 amide bonds. The first-order chi connectivity index (χ1) is 11.2. The lowest BCUT2D eigenvalue weighted by molar-refractivity contribution is -0.129. The molecule has 0 spiro atoms. The molecule has 1 atom stereocenters. The fourth-order valence-corrected chi connectivity index (χ4v) is 3.13. The molecule has 2 saturated heterocycles. The van der Waals surface area contributed by atoms with Gasteiger partial charge in [0.25, 0.3) is 0 Å². The van der Waals surface area contributed by atoms with Crippen molar-refractivity contribution in [1.82, 2.24) is 20.4 Å². The lowest BCUT2D eigenvalue weighted by Gasteiger charge is -2.20. The van der Waals surface area contributed by atoms with E-state index >= 15 is 0 Å². The van der Waals surface area contributed by atoms with Crippen LogP contribution in [-0.2, 0) is 20.9 Å². The molecular formula is C15H22N4O4. The molecule has 8 nitrogen and oxygen atoms in total. The molecule has 3 rings (SSSR count). The average Bonchev–Trinajstić information content (AvgIpc) is 3.19. The first kappa shape index (κ1) is 15.9. The van der Waals surface area contributed by atoms with Crippen LogP contribution in [0.5, 0.6) is 0 Å². The molecule has 126 valence electrons. The largest absolute Gasteiger partial charge is 0.381 e. The molecule has 2 aliphatic rings. The van der Waals surface area contributed by atoms with E-state index in [1.165, 1.54) is 0 Å². The summed E-state index contributed by atoms with van der Waals surface area (Å²) < 4.78 is 10.5. The van der Waals surface area contributed by atoms with Gasteiger partial charge in [-0.05, 0) is 26.2 Å². The third-order valence-electron chi connectivity index (χ3n) is 4.45. The van der Waals surface area contributed by atoms with Gasteiger partial charge in [-0.2, -0.15) is 4.98 Å². The Morgan fingerprint density at radius 3 is 2.87 bits per heavy atom. The molecule has 0 saturated carbocycles. The number of rotatable bonds is 5. The van der Waals surface area contributed by atoms with Gasteiger partial charge in [-0.15, -0.1) is 0 Å². The normalized spacial score (nSPS) is 22.6. The Morgan fingerprint density at radius 1 is 1.35 bits per heavy atom. The van der Waals surface area contributed by atoms with E-state index in [-0.39, 0.29) is 30.3 Å². The minimum Gasteiger partial charge on any atom is -0.381 e. The van der Waals surface area contributed by atoms with Crippen molar-refractivity contribution in [3.05, 3.63) is 11.7 Å². The van der Waals surface area contributed by atoms with E-state index in [0.717, 1.165) is 12.8 Å². The Labute approximate surface area is 134 Å². The van der Waals surface area contributed by atoms with Crippen LogP contribution < -0.4 is 5.32 Å². The molecule has 2 fully saturated rings. The molecule has 1 aromatic heterocycles. The zero-order chi connectivity index (χ0) is 16.2. The van der Waals surface area contributed by atoms with Crippen LogP contribution in [0.1, 0.15) is 50.4 Å². The maximum atomic E-state index is 12.1. The van der Waals surface area contributed by atoms with Crippen LogP contribution in [0, 0.1) is 5.92 Å². The Kier molecular flexibility index (Phi) is 4.90. The minimum atomic E-state index is -0.139. The van der Waals surface area contributed by atoms with Gasteiger partial charge in [0.05, 0.1) is 6.54 Å². The van der Waals surface area contributed by atoms with Crippen molar-refractivity contribution in [2.75, 3.05) is 19.8 Å². The Hall–Kier alpha value is -1.96. The van der Waals surface area contributed by atoms with Crippen LogP contribution in [0.3, 0.4) is 0 Å². The summed E-state index contributed by atoms with van der Waals surface area (Å²) in [6.07, 6.45) is 2.71. The summed E-state index contributed by atoms with van der Waals surface area (Å²) in [6.45, 7) is 4.07. The molecular weight excluding hydrogens is 300 g/mol. The SMILES string of the molecule is CCN1C(=O)CC[C@H]1c1nc(CNC(=O)C2CCOCC2)no1. The number of likely N-dealkylation sites (tertiary alicyclic amines) is 1. The van der Waals surface area contributed by atoms with Crippen molar-refractivity contribution in [3.63, 3.8) is 0 Å². The van der Waals surface area contributed by atoms with Crippen LogP contribution in [0.15, 0.2) is 4.52 Å². The van der Waals surface area contributed by atoms with Gasteiger partial charge >= 0.3 is 0 Å². The van der Waals surface area contributed by atoms with E-state index in [1.54, 1.807) is 4.90 Å². The number of nitrogens with zero attached hydrogens (tertiary/aromatic N) is 3. The van der Waals surface area contributed by atoms with Crippen molar-refractivity contribution in [3.8, 4) is 0 Å². The van der Waals surface area contributed by atoms with Gasteiger partial charge in [-0.25, -0.2) is 0 Å². The number of ether oxygens (including phenoxy) is 1. The summed E-state index contributed by atoms with van der Waals surface area (Å²) in [5.41, 5.74) is 0. The van der Waals surface area contributed by atoms with E-state index in [9.17, 15) is 9.59 Å². The lowest BCUT2D eigenvalue weighted by Crippen LogP contribution is -2.34. The van der Waals surface area contributed by atoms with Crippen LogP contribution in [-0.4, -0.2) is 46.6 Å². The van der Waals surface area contributed by atoms with Crippen molar-refractivity contribution in [2.24, 2.45) is 5.92 Å². The number of carbonyl (C=O) groups is 2. The van der Waals surface area contributed by atoms with Crippen molar-refractivity contribution in [2.45, 2.75) is 45.2 Å². The van der Waals surface area contributed by atoms with Crippen LogP contribution in [0.2, 0.25) is 0 Å². The summed E-state index contributed by atoms with van der Waals surface area (Å²) in [7, 11) is 0. The van der Waals surface area contributed by atoms with E-state index in [1.807, 2.05) is 6.92 Å². The molecule has 3 heterocycles. The highest BCUT2D eigenvalue weighted by Crippen LogP contribution is 2.31. The summed E-state index contributed by atoms with van der Waals surface area (Å²) in [6, 6.07) is -0.139. The Balaban J connectivity index is 1.55. The first-order valence-corrected chi connectivity index (χ1v) is 8.16. The van der Waals surface area contributed by atoms with E-state index in [0.29, 0.717) is 44.3 Å². The maximum Gasteiger partial charge on any atom is 0.249 e. The molecule has 8 heteroatoms. The lowest BCUT2D eigenvalue weighted by atomic mass is 9.99. The molecule has 23 heavy (non-hydrogen) atoms. The molecule has 1 N–H and O–H groups in total. The average molecular weight is 322 g/mol. The fraction of sp³-hybridized carbons (Fsp3) is 0.733. The van der Waals surface area contributed by atoms with Gasteiger partial charge in [-0.3, -0.25) is 9.59 Å². The monoisotopic (exact) mass is 322 g/mol. The van der Waals surface area contributed by atoms with E-state index in [2.05, 4.69) is 15.5 Å².